The minimum atomic E-state index is -0.930. The smallest absolute Gasteiger partial charge is 0.292 e. The summed E-state index contributed by atoms with van der Waals surface area (Å²) in [6, 6.07) is 15.4. The van der Waals surface area contributed by atoms with E-state index in [-0.39, 0.29) is 28.2 Å². The van der Waals surface area contributed by atoms with Gasteiger partial charge in [0.15, 0.2) is 0 Å². The number of thioether (sulfide) groups is 2. The minimum absolute atomic E-state index is 0.0344. The van der Waals surface area contributed by atoms with Crippen molar-refractivity contribution < 1.29 is 19.1 Å². The highest BCUT2D eigenvalue weighted by Crippen LogP contribution is 2.36. The molecule has 30 heavy (non-hydrogen) atoms. The van der Waals surface area contributed by atoms with Gasteiger partial charge in [0.2, 0.25) is 11.3 Å². The fourth-order valence-electron chi connectivity index (χ4n) is 3.53. The zero-order valence-corrected chi connectivity index (χ0v) is 18.4. The third-order valence-electron chi connectivity index (χ3n) is 5.07. The second-order valence-corrected chi connectivity index (χ2v) is 9.55. The van der Waals surface area contributed by atoms with Gasteiger partial charge in [-0.3, -0.25) is 19.3 Å². The summed E-state index contributed by atoms with van der Waals surface area (Å²) in [5.41, 5.74) is 2.67. The Morgan fingerprint density at radius 2 is 1.80 bits per heavy atom. The van der Waals surface area contributed by atoms with Gasteiger partial charge < -0.3 is 9.64 Å². The molecular formula is C22H22N2O4S2. The van der Waals surface area contributed by atoms with Crippen molar-refractivity contribution in [1.29, 1.82) is 0 Å². The van der Waals surface area contributed by atoms with Crippen LogP contribution in [0.2, 0.25) is 0 Å². The lowest BCUT2D eigenvalue weighted by Crippen LogP contribution is -2.44. The van der Waals surface area contributed by atoms with E-state index in [9.17, 15) is 14.4 Å². The largest absolute Gasteiger partial charge is 0.348 e. The Morgan fingerprint density at radius 1 is 1.03 bits per heavy atom. The molecule has 0 bridgehead atoms. The van der Waals surface area contributed by atoms with E-state index in [1.807, 2.05) is 62.4 Å². The van der Waals surface area contributed by atoms with Gasteiger partial charge in [-0.05, 0) is 31.5 Å². The summed E-state index contributed by atoms with van der Waals surface area (Å²) in [6.07, 6.45) is -0.930. The molecule has 0 saturated carbocycles. The first kappa shape index (κ1) is 21.0. The molecule has 2 heterocycles. The molecule has 2 aliphatic rings. The average Bonchev–Trinajstić information content (AvgIpc) is 2.98. The van der Waals surface area contributed by atoms with Gasteiger partial charge >= 0.3 is 0 Å². The normalized spacial score (nSPS) is 21.3. The summed E-state index contributed by atoms with van der Waals surface area (Å²) in [5.74, 6) is -0.0344. The first-order chi connectivity index (χ1) is 14.4. The van der Waals surface area contributed by atoms with Crippen molar-refractivity contribution in [3.63, 3.8) is 0 Å². The molecule has 1 saturated heterocycles. The number of hydrogen-bond donors (Lipinski definition) is 0. The summed E-state index contributed by atoms with van der Waals surface area (Å²) in [6.45, 7) is 4.78. The first-order valence-corrected chi connectivity index (χ1v) is 11.4. The van der Waals surface area contributed by atoms with Gasteiger partial charge in [0.25, 0.3) is 11.1 Å². The van der Waals surface area contributed by atoms with E-state index in [4.69, 9.17) is 4.74 Å². The fraction of sp³-hybridized carbons (Fsp3) is 0.318. The predicted molar refractivity (Wildman–Crippen MR) is 117 cm³/mol. The summed E-state index contributed by atoms with van der Waals surface area (Å²) in [5, 5.41) is -0.660. The number of fused-ring (bicyclic) bond motifs is 1. The number of carbonyl (C=O) groups excluding carboxylic acids is 3. The summed E-state index contributed by atoms with van der Waals surface area (Å²) < 4.78 is 5.81. The standard InChI is InChI=1S/C22H22N2O4S2/c1-14-8-9-18-17(12-14)19(25)23(15(2)29-18)10-11-28-20-21(26)30-22(27)24(20)13-16-6-4-3-5-7-16/h3-9,12,15,20H,10-11,13H2,1-2H3. The molecule has 0 N–H and O–H groups in total. The highest BCUT2D eigenvalue weighted by molar-refractivity contribution is 8.26. The zero-order valence-electron chi connectivity index (χ0n) is 16.7. The second kappa shape index (κ2) is 8.83. The van der Waals surface area contributed by atoms with Gasteiger partial charge in [-0.25, -0.2) is 0 Å². The van der Waals surface area contributed by atoms with Gasteiger partial charge in [0.05, 0.1) is 17.5 Å². The maximum atomic E-state index is 12.9. The van der Waals surface area contributed by atoms with Crippen molar-refractivity contribution >= 4 is 39.8 Å². The fourth-order valence-corrected chi connectivity index (χ4v) is 5.39. The monoisotopic (exact) mass is 442 g/mol. The maximum absolute atomic E-state index is 12.9. The van der Waals surface area contributed by atoms with Crippen molar-refractivity contribution in [1.82, 2.24) is 9.80 Å². The number of nitrogens with zero attached hydrogens (tertiary/aromatic N) is 2. The topological polar surface area (TPSA) is 66.9 Å². The molecule has 2 atom stereocenters. The molecule has 0 aliphatic carbocycles. The highest BCUT2D eigenvalue weighted by atomic mass is 32.2. The number of hydrogen-bond acceptors (Lipinski definition) is 6. The molecule has 2 aromatic carbocycles. The number of carbonyl (C=O) groups is 3. The number of ether oxygens (including phenoxy) is 1. The van der Waals surface area contributed by atoms with Gasteiger partial charge in [0, 0.05) is 29.7 Å². The van der Waals surface area contributed by atoms with Crippen molar-refractivity contribution in [3.05, 3.63) is 65.2 Å². The molecule has 2 unspecified atom stereocenters. The van der Waals surface area contributed by atoms with Crippen LogP contribution in [0.3, 0.4) is 0 Å². The lowest BCUT2D eigenvalue weighted by molar-refractivity contribution is -0.129. The first-order valence-electron chi connectivity index (χ1n) is 9.70. The van der Waals surface area contributed by atoms with E-state index < -0.39 is 6.23 Å². The zero-order chi connectivity index (χ0) is 21.3. The van der Waals surface area contributed by atoms with Gasteiger partial charge in [-0.15, -0.1) is 11.8 Å². The van der Waals surface area contributed by atoms with E-state index in [1.165, 1.54) is 4.90 Å². The molecule has 4 rings (SSSR count). The molecule has 156 valence electrons. The Hall–Kier alpha value is -2.29. The van der Waals surface area contributed by atoms with E-state index in [0.717, 1.165) is 16.0 Å². The van der Waals surface area contributed by atoms with Gasteiger partial charge in [0.1, 0.15) is 0 Å². The molecule has 1 fully saturated rings. The van der Waals surface area contributed by atoms with E-state index >= 15 is 0 Å². The van der Waals surface area contributed by atoms with Crippen molar-refractivity contribution in [3.8, 4) is 0 Å². The molecule has 8 heteroatoms. The van der Waals surface area contributed by atoms with E-state index in [2.05, 4.69) is 0 Å². The second-order valence-electron chi connectivity index (χ2n) is 7.24. The molecule has 2 aliphatic heterocycles. The highest BCUT2D eigenvalue weighted by Gasteiger charge is 2.41. The van der Waals surface area contributed by atoms with Crippen LogP contribution in [-0.2, 0) is 16.1 Å². The quantitative estimate of drug-likeness (QED) is 0.670. The average molecular weight is 443 g/mol. The Labute approximate surface area is 183 Å². The Morgan fingerprint density at radius 3 is 2.57 bits per heavy atom. The van der Waals surface area contributed by atoms with Crippen molar-refractivity contribution in [2.75, 3.05) is 13.2 Å². The molecule has 0 spiro atoms. The summed E-state index contributed by atoms with van der Waals surface area (Å²) in [4.78, 5) is 41.7. The van der Waals surface area contributed by atoms with Crippen LogP contribution in [0, 0.1) is 6.92 Å². The number of rotatable bonds is 6. The van der Waals surface area contributed by atoms with E-state index in [0.29, 0.717) is 30.4 Å². The minimum Gasteiger partial charge on any atom is -0.348 e. The Balaban J connectivity index is 1.40. The van der Waals surface area contributed by atoms with Crippen LogP contribution in [0.5, 0.6) is 0 Å². The number of benzene rings is 2. The maximum Gasteiger partial charge on any atom is 0.292 e. The van der Waals surface area contributed by atoms with Crippen LogP contribution in [0.4, 0.5) is 4.79 Å². The summed E-state index contributed by atoms with van der Waals surface area (Å²) in [7, 11) is 0. The van der Waals surface area contributed by atoms with Gasteiger partial charge in [-0.1, -0.05) is 42.0 Å². The predicted octanol–water partition coefficient (Wildman–Crippen LogP) is 4.13. The molecule has 0 aromatic heterocycles. The van der Waals surface area contributed by atoms with Crippen LogP contribution in [-0.4, -0.2) is 50.8 Å². The van der Waals surface area contributed by atoms with Crippen LogP contribution in [0.15, 0.2) is 53.4 Å². The SMILES string of the molecule is Cc1ccc2c(c1)C(=O)N(CCOC1C(=O)SC(=O)N1Cc1ccccc1)C(C)S2. The number of aryl methyl sites for hydroxylation is 1. The van der Waals surface area contributed by atoms with E-state index in [1.54, 1.807) is 16.7 Å². The lowest BCUT2D eigenvalue weighted by Gasteiger charge is -2.34. The van der Waals surface area contributed by atoms with Crippen molar-refractivity contribution in [2.45, 2.75) is 36.9 Å². The van der Waals surface area contributed by atoms with Gasteiger partial charge in [-0.2, -0.15) is 0 Å². The van der Waals surface area contributed by atoms with Crippen LogP contribution >= 0.6 is 23.5 Å². The third kappa shape index (κ3) is 4.26. The molecule has 6 nitrogen and oxygen atoms in total. The molecular weight excluding hydrogens is 420 g/mol. The third-order valence-corrected chi connectivity index (χ3v) is 7.09. The number of amides is 2. The van der Waals surface area contributed by atoms with Crippen LogP contribution in [0.1, 0.15) is 28.4 Å². The summed E-state index contributed by atoms with van der Waals surface area (Å²) >= 11 is 2.31. The Kier molecular flexibility index (Phi) is 6.17. The van der Waals surface area contributed by atoms with Crippen molar-refractivity contribution in [2.24, 2.45) is 0 Å². The molecule has 2 aromatic rings. The van der Waals surface area contributed by atoms with Crippen LogP contribution < -0.4 is 0 Å². The van der Waals surface area contributed by atoms with Crippen LogP contribution in [0.25, 0.3) is 0 Å². The molecule has 2 amide bonds. The Bertz CT molecular complexity index is 982. The molecule has 0 radical (unpaired) electrons. The lowest BCUT2D eigenvalue weighted by atomic mass is 10.1.